The molecule has 0 saturated heterocycles. The van der Waals surface area contributed by atoms with Crippen LogP contribution in [0.15, 0.2) is 24.3 Å². The van der Waals surface area contributed by atoms with Gasteiger partial charge in [0.25, 0.3) is 0 Å². The van der Waals surface area contributed by atoms with Crippen molar-refractivity contribution < 1.29 is 9.53 Å². The summed E-state index contributed by atoms with van der Waals surface area (Å²) in [6.45, 7) is 5.57. The highest BCUT2D eigenvalue weighted by atomic mass is 16.5. The van der Waals surface area contributed by atoms with Gasteiger partial charge in [-0.2, -0.15) is 0 Å². The van der Waals surface area contributed by atoms with Crippen LogP contribution in [0.3, 0.4) is 0 Å². The van der Waals surface area contributed by atoms with Crippen LogP contribution in [0.1, 0.15) is 30.1 Å². The van der Waals surface area contributed by atoms with Crippen molar-refractivity contribution in [3.05, 3.63) is 29.8 Å². The van der Waals surface area contributed by atoms with Gasteiger partial charge < -0.3 is 15.0 Å². The van der Waals surface area contributed by atoms with E-state index < -0.39 is 0 Å². The topological polar surface area (TPSA) is 41.6 Å². The predicted octanol–water partition coefficient (Wildman–Crippen LogP) is 2.20. The maximum absolute atomic E-state index is 11.5. The Morgan fingerprint density at radius 2 is 1.90 bits per heavy atom. The standard InChI is InChI=1S/C16H26N2O2/c1-4-16(19)14-6-8-15(9-7-14)20-13-5-10-17-11-12-18(2)3/h6-9,17H,4-5,10-13H2,1-3H3. The van der Waals surface area contributed by atoms with Crippen LogP contribution in [0.2, 0.25) is 0 Å². The zero-order valence-corrected chi connectivity index (χ0v) is 12.8. The van der Waals surface area contributed by atoms with Crippen LogP contribution < -0.4 is 10.1 Å². The zero-order valence-electron chi connectivity index (χ0n) is 12.8. The molecule has 1 aromatic rings. The minimum Gasteiger partial charge on any atom is -0.494 e. The zero-order chi connectivity index (χ0) is 14.8. The van der Waals surface area contributed by atoms with Crippen LogP contribution in [0, 0.1) is 0 Å². The van der Waals surface area contributed by atoms with E-state index in [0.717, 1.165) is 37.4 Å². The smallest absolute Gasteiger partial charge is 0.162 e. The van der Waals surface area contributed by atoms with Crippen LogP contribution in [0.25, 0.3) is 0 Å². The van der Waals surface area contributed by atoms with Gasteiger partial charge in [0.2, 0.25) is 0 Å². The molecule has 4 nitrogen and oxygen atoms in total. The van der Waals surface area contributed by atoms with Crippen LogP contribution in [0.5, 0.6) is 5.75 Å². The summed E-state index contributed by atoms with van der Waals surface area (Å²) in [6, 6.07) is 7.39. The molecule has 0 aliphatic heterocycles. The third-order valence-electron chi connectivity index (χ3n) is 3.00. The Hall–Kier alpha value is -1.39. The molecule has 0 aromatic heterocycles. The molecule has 0 fully saturated rings. The molecule has 0 aliphatic carbocycles. The van der Waals surface area contributed by atoms with Crippen molar-refractivity contribution >= 4 is 5.78 Å². The second kappa shape index (κ2) is 9.50. The fraction of sp³-hybridized carbons (Fsp3) is 0.562. The van der Waals surface area contributed by atoms with Gasteiger partial charge in [0, 0.05) is 25.1 Å². The number of benzene rings is 1. The first kappa shape index (κ1) is 16.7. The number of ether oxygens (including phenoxy) is 1. The Morgan fingerprint density at radius 1 is 1.20 bits per heavy atom. The molecule has 0 amide bonds. The molecular formula is C16H26N2O2. The Kier molecular flexibility index (Phi) is 7.92. The maximum atomic E-state index is 11.5. The van der Waals surface area contributed by atoms with E-state index >= 15 is 0 Å². The molecule has 0 bridgehead atoms. The molecule has 0 spiro atoms. The van der Waals surface area contributed by atoms with Gasteiger partial charge in [0.05, 0.1) is 6.61 Å². The average molecular weight is 278 g/mol. The molecule has 0 unspecified atom stereocenters. The number of carbonyl (C=O) groups is 1. The largest absolute Gasteiger partial charge is 0.494 e. The van der Waals surface area contributed by atoms with Crippen molar-refractivity contribution in [2.24, 2.45) is 0 Å². The van der Waals surface area contributed by atoms with Crippen LogP contribution in [-0.2, 0) is 0 Å². The second-order valence-corrected chi connectivity index (χ2v) is 5.06. The first-order valence-electron chi connectivity index (χ1n) is 7.25. The molecule has 0 radical (unpaired) electrons. The maximum Gasteiger partial charge on any atom is 0.162 e. The normalized spacial score (nSPS) is 10.8. The number of hydrogen-bond acceptors (Lipinski definition) is 4. The van der Waals surface area contributed by atoms with Gasteiger partial charge in [-0.25, -0.2) is 0 Å². The monoisotopic (exact) mass is 278 g/mol. The number of nitrogens with zero attached hydrogens (tertiary/aromatic N) is 1. The molecule has 20 heavy (non-hydrogen) atoms. The lowest BCUT2D eigenvalue weighted by Gasteiger charge is -2.10. The summed E-state index contributed by atoms with van der Waals surface area (Å²) in [5.41, 5.74) is 0.755. The van der Waals surface area contributed by atoms with Crippen LogP contribution in [-0.4, -0.2) is 51.0 Å². The van der Waals surface area contributed by atoms with E-state index in [2.05, 4.69) is 24.3 Å². The number of rotatable bonds is 10. The van der Waals surface area contributed by atoms with Gasteiger partial charge in [-0.05, 0) is 51.3 Å². The van der Waals surface area contributed by atoms with Crippen molar-refractivity contribution in [2.45, 2.75) is 19.8 Å². The number of carbonyl (C=O) groups excluding carboxylic acids is 1. The van der Waals surface area contributed by atoms with Crippen molar-refractivity contribution in [3.63, 3.8) is 0 Å². The fourth-order valence-electron chi connectivity index (χ4n) is 1.76. The van der Waals surface area contributed by atoms with Gasteiger partial charge in [-0.15, -0.1) is 0 Å². The van der Waals surface area contributed by atoms with E-state index in [4.69, 9.17) is 4.74 Å². The van der Waals surface area contributed by atoms with Gasteiger partial charge in [-0.1, -0.05) is 6.92 Å². The summed E-state index contributed by atoms with van der Waals surface area (Å²) >= 11 is 0. The van der Waals surface area contributed by atoms with Gasteiger partial charge in [0.1, 0.15) is 5.75 Å². The highest BCUT2D eigenvalue weighted by Crippen LogP contribution is 2.13. The highest BCUT2D eigenvalue weighted by Gasteiger charge is 2.02. The van der Waals surface area contributed by atoms with E-state index in [1.165, 1.54) is 0 Å². The lowest BCUT2D eigenvalue weighted by Crippen LogP contribution is -2.27. The molecule has 1 aromatic carbocycles. The van der Waals surface area contributed by atoms with Crippen molar-refractivity contribution in [1.29, 1.82) is 0 Å². The lowest BCUT2D eigenvalue weighted by atomic mass is 10.1. The molecule has 4 heteroatoms. The minimum absolute atomic E-state index is 0.168. The van der Waals surface area contributed by atoms with E-state index in [0.29, 0.717) is 13.0 Å². The molecule has 0 heterocycles. The van der Waals surface area contributed by atoms with E-state index in [1.807, 2.05) is 31.2 Å². The van der Waals surface area contributed by atoms with Gasteiger partial charge in [0.15, 0.2) is 5.78 Å². The second-order valence-electron chi connectivity index (χ2n) is 5.06. The number of likely N-dealkylation sites (N-methyl/N-ethyl adjacent to an activating group) is 1. The number of ketones is 1. The Bertz CT molecular complexity index is 388. The van der Waals surface area contributed by atoms with Crippen molar-refractivity contribution in [3.8, 4) is 5.75 Å². The third kappa shape index (κ3) is 6.68. The number of nitrogens with one attached hydrogen (secondary N) is 1. The quantitative estimate of drug-likeness (QED) is 0.526. The molecule has 0 aliphatic rings. The minimum atomic E-state index is 0.168. The molecule has 112 valence electrons. The average Bonchev–Trinajstić information content (AvgIpc) is 2.45. The SMILES string of the molecule is CCC(=O)c1ccc(OCCCNCCN(C)C)cc1. The van der Waals surface area contributed by atoms with Gasteiger partial charge >= 0.3 is 0 Å². The molecular weight excluding hydrogens is 252 g/mol. The first-order chi connectivity index (χ1) is 9.63. The molecule has 1 N–H and O–H groups in total. The fourth-order valence-corrected chi connectivity index (χ4v) is 1.76. The highest BCUT2D eigenvalue weighted by molar-refractivity contribution is 5.95. The molecule has 0 saturated carbocycles. The summed E-state index contributed by atoms with van der Waals surface area (Å²) in [5.74, 6) is 0.993. The Balaban J connectivity index is 2.14. The van der Waals surface area contributed by atoms with Crippen molar-refractivity contribution in [2.75, 3.05) is 40.3 Å². The van der Waals surface area contributed by atoms with Crippen molar-refractivity contribution in [1.82, 2.24) is 10.2 Å². The summed E-state index contributed by atoms with van der Waals surface area (Å²) in [7, 11) is 4.13. The summed E-state index contributed by atoms with van der Waals surface area (Å²) < 4.78 is 5.64. The van der Waals surface area contributed by atoms with E-state index in [9.17, 15) is 4.79 Å². The lowest BCUT2D eigenvalue weighted by molar-refractivity contribution is 0.0988. The Morgan fingerprint density at radius 3 is 2.50 bits per heavy atom. The van der Waals surface area contributed by atoms with E-state index in [-0.39, 0.29) is 5.78 Å². The molecule has 0 atom stereocenters. The third-order valence-corrected chi connectivity index (χ3v) is 3.00. The number of hydrogen-bond donors (Lipinski definition) is 1. The summed E-state index contributed by atoms with van der Waals surface area (Å²) in [6.07, 6.45) is 1.52. The van der Waals surface area contributed by atoms with Gasteiger partial charge in [-0.3, -0.25) is 4.79 Å². The predicted molar refractivity (Wildman–Crippen MR) is 82.6 cm³/mol. The van der Waals surface area contributed by atoms with Crippen LogP contribution >= 0.6 is 0 Å². The summed E-state index contributed by atoms with van der Waals surface area (Å²) in [5, 5.41) is 3.37. The molecule has 1 rings (SSSR count). The van der Waals surface area contributed by atoms with E-state index in [1.54, 1.807) is 0 Å². The Labute approximate surface area is 122 Å². The number of Topliss-reactive ketones (excluding diaryl/α,β-unsaturated/α-hetero) is 1. The van der Waals surface area contributed by atoms with Crippen LogP contribution in [0.4, 0.5) is 0 Å². The summed E-state index contributed by atoms with van der Waals surface area (Å²) in [4.78, 5) is 13.6. The first-order valence-corrected chi connectivity index (χ1v) is 7.25.